The molecule has 0 atom stereocenters. The van der Waals surface area contributed by atoms with Crippen LogP contribution in [0.2, 0.25) is 0 Å². The summed E-state index contributed by atoms with van der Waals surface area (Å²) in [5, 5.41) is 0. The first kappa shape index (κ1) is 89.6. The van der Waals surface area contributed by atoms with Gasteiger partial charge in [0.15, 0.2) is 5.82 Å². The number of rotatable bonds is 21. The van der Waals surface area contributed by atoms with Crippen LogP contribution in [0.25, 0.3) is 235 Å². The van der Waals surface area contributed by atoms with E-state index in [1.54, 1.807) is 49.8 Å². The smallest absolute Gasteiger partial charge is 0.159 e. The van der Waals surface area contributed by atoms with Crippen molar-refractivity contribution >= 4 is 0 Å². The Morgan fingerprint density at radius 1 is 0.104 bits per heavy atom. The van der Waals surface area contributed by atoms with Crippen molar-refractivity contribution < 1.29 is 0 Å². The molecular formula is C132H90N12. The largest absolute Gasteiger partial charge is 0.264 e. The first-order valence-corrected chi connectivity index (χ1v) is 47.8. The minimum atomic E-state index is 0.714. The maximum Gasteiger partial charge on any atom is 0.159 e. The second kappa shape index (κ2) is 42.6. The van der Waals surface area contributed by atoms with E-state index in [1.165, 1.54) is 0 Å². The van der Waals surface area contributed by atoms with Crippen LogP contribution >= 0.6 is 0 Å². The summed E-state index contributed by atoms with van der Waals surface area (Å²) in [4.78, 5) is 54.4. The van der Waals surface area contributed by atoms with Gasteiger partial charge in [-0.25, -0.2) is 44.9 Å². The monoisotopic (exact) mass is 1840 g/mol. The molecule has 12 heteroatoms. The molecule has 15 aromatic carbocycles. The van der Waals surface area contributed by atoms with E-state index >= 15 is 0 Å². The predicted molar refractivity (Wildman–Crippen MR) is 587 cm³/mol. The molecule has 0 fully saturated rings. The second-order valence-electron chi connectivity index (χ2n) is 34.9. The van der Waals surface area contributed by atoms with Gasteiger partial charge in [0.25, 0.3) is 0 Å². The van der Waals surface area contributed by atoms with E-state index < -0.39 is 0 Å². The molecule has 9 aromatic heterocycles. The lowest BCUT2D eigenvalue weighted by Gasteiger charge is -2.14. The Bertz CT molecular complexity index is 7180. The van der Waals surface area contributed by atoms with Crippen molar-refractivity contribution in [3.05, 3.63) is 548 Å². The van der Waals surface area contributed by atoms with Gasteiger partial charge < -0.3 is 0 Å². The van der Waals surface area contributed by atoms with Crippen LogP contribution in [0.15, 0.2) is 548 Å². The van der Waals surface area contributed by atoms with Crippen molar-refractivity contribution in [3.63, 3.8) is 0 Å². The van der Waals surface area contributed by atoms with E-state index in [-0.39, 0.29) is 0 Å². The molecule has 24 aromatic rings. The van der Waals surface area contributed by atoms with E-state index in [9.17, 15) is 0 Å². The molecule has 0 N–H and O–H groups in total. The van der Waals surface area contributed by atoms with Crippen molar-refractivity contribution in [2.24, 2.45) is 0 Å². The average molecular weight is 1840 g/mol. The molecule has 0 aliphatic rings. The van der Waals surface area contributed by atoms with Crippen LogP contribution in [0, 0.1) is 0 Å². The fourth-order valence-electron chi connectivity index (χ4n) is 18.0. The summed E-state index contributed by atoms with van der Waals surface area (Å²) in [5.74, 6) is 0.714. The van der Waals surface area contributed by atoms with Gasteiger partial charge in [-0.3, -0.25) is 15.0 Å². The maximum absolute atomic E-state index is 5.12. The quantitative estimate of drug-likeness (QED) is 0.0672. The van der Waals surface area contributed by atoms with Crippen molar-refractivity contribution in [2.75, 3.05) is 0 Å². The zero-order chi connectivity index (χ0) is 96.4. The molecule has 0 bridgehead atoms. The number of hydrogen-bond donors (Lipinski definition) is 0. The number of benzene rings is 15. The molecule has 0 saturated heterocycles. The summed E-state index contributed by atoms with van der Waals surface area (Å²) in [6.45, 7) is 0. The van der Waals surface area contributed by atoms with E-state index in [0.717, 1.165) is 229 Å². The Morgan fingerprint density at radius 2 is 0.312 bits per heavy atom. The van der Waals surface area contributed by atoms with Crippen LogP contribution in [0.3, 0.4) is 0 Å². The summed E-state index contributed by atoms with van der Waals surface area (Å²) in [6, 6.07) is 168. The molecule has 0 amide bonds. The van der Waals surface area contributed by atoms with Gasteiger partial charge in [-0.15, -0.1) is 0 Å². The first-order valence-electron chi connectivity index (χ1n) is 47.8. The lowest BCUT2D eigenvalue weighted by molar-refractivity contribution is 1.17. The highest BCUT2D eigenvalue weighted by molar-refractivity contribution is 5.91. The Kier molecular flexibility index (Phi) is 26.5. The molecule has 678 valence electrons. The third kappa shape index (κ3) is 21.1. The number of hydrogen-bond acceptors (Lipinski definition) is 12. The fourth-order valence-corrected chi connectivity index (χ4v) is 18.0. The summed E-state index contributed by atoms with van der Waals surface area (Å²) >= 11 is 0. The van der Waals surface area contributed by atoms with E-state index in [2.05, 4.69) is 439 Å². The highest BCUT2D eigenvalue weighted by atomic mass is 14.9. The van der Waals surface area contributed by atoms with Gasteiger partial charge in [0.2, 0.25) is 0 Å². The zero-order valence-corrected chi connectivity index (χ0v) is 78.3. The number of aromatic nitrogens is 12. The number of nitrogens with zero attached hydrogens (tertiary/aromatic N) is 12. The normalized spacial score (nSPS) is 10.9. The average Bonchev–Trinajstić information content (AvgIpc) is 0.785. The molecule has 24 rings (SSSR count). The molecule has 0 spiro atoms. The van der Waals surface area contributed by atoms with Gasteiger partial charge >= 0.3 is 0 Å². The fraction of sp³-hybridized carbons (Fsp3) is 0. The minimum absolute atomic E-state index is 0.714. The van der Waals surface area contributed by atoms with E-state index in [0.29, 0.717) is 5.82 Å². The molecule has 9 heterocycles. The first-order chi connectivity index (χ1) is 71.3. The highest BCUT2D eigenvalue weighted by Gasteiger charge is 2.20. The van der Waals surface area contributed by atoms with Gasteiger partial charge in [-0.05, 0) is 256 Å². The topological polar surface area (TPSA) is 155 Å². The maximum atomic E-state index is 5.12. The standard InChI is InChI=1S/3C44H30N4/c1-3-9-34(10-4-1)42-28-41(29-43(48-42)35-11-5-2-6-12-35)40-26-38(32-16-14-31(15-17-32)37-13-7-22-45-30-37)25-39(27-40)33-18-20-36(21-19-33)44-46-23-8-24-47-44;1-3-9-33(10-4-1)43-28-40(29-44(48-43)34-11-5-2-6-12-34)39-26-37(31-14-18-35(19-15-31)41-13-7-8-23-46-41)25-38(27-39)32-16-20-36(21-17-32)42-22-24-45-30-47-42;1-3-8-34(9-4-1)43-27-41(28-44(48-43)35-10-5-2-6-11-35)40-25-38(32-15-13-31(14-16-32)37-12-7-22-45-29-37)24-39(26-40)33-17-19-36(20-18-33)42-21-23-46-30-47-42/h3*1-30H. The Labute approximate surface area is 836 Å². The third-order valence-electron chi connectivity index (χ3n) is 25.5. The van der Waals surface area contributed by atoms with E-state index in [4.69, 9.17) is 15.0 Å². The Balaban J connectivity index is 0.000000123. The van der Waals surface area contributed by atoms with Gasteiger partial charge in [-0.1, -0.05) is 346 Å². The second-order valence-corrected chi connectivity index (χ2v) is 34.9. The van der Waals surface area contributed by atoms with Gasteiger partial charge in [0.1, 0.15) is 12.7 Å². The third-order valence-corrected chi connectivity index (χ3v) is 25.5. The summed E-state index contributed by atoms with van der Waals surface area (Å²) in [5.41, 5.74) is 43.8. The molecule has 144 heavy (non-hydrogen) atoms. The SMILES string of the molecule is c1ccc(-c2cc(-c3cc(-c4ccc(-c5ccccn5)cc4)cc(-c4ccc(-c5ccncn5)cc4)c3)cc(-c3ccccc3)n2)cc1.c1ccc(-c2cc(-c3cc(-c4ccc(-c5cccnc5)cc4)cc(-c4ccc(-c5ccncn5)cc4)c3)cc(-c3ccccc3)n2)cc1.c1ccc(-c2cc(-c3cc(-c4ccc(-c5cccnc5)cc4)cc(-c4ccc(-c5ncccn5)cc4)c3)cc(-c3ccccc3)n2)cc1. The minimum Gasteiger partial charge on any atom is -0.264 e. The van der Waals surface area contributed by atoms with Crippen LogP contribution in [0.5, 0.6) is 0 Å². The Morgan fingerprint density at radius 3 is 0.549 bits per heavy atom. The lowest BCUT2D eigenvalue weighted by atomic mass is 9.91. The predicted octanol–water partition coefficient (Wildman–Crippen LogP) is 32.8. The molecule has 0 radical (unpaired) electrons. The summed E-state index contributed by atoms with van der Waals surface area (Å²) in [6.07, 6.45) is 19.5. The lowest BCUT2D eigenvalue weighted by Crippen LogP contribution is -1.92. The van der Waals surface area contributed by atoms with E-state index in [1.807, 2.05) is 104 Å². The molecule has 0 saturated carbocycles. The van der Waals surface area contributed by atoms with Crippen molar-refractivity contribution in [1.82, 2.24) is 59.8 Å². The van der Waals surface area contributed by atoms with Gasteiger partial charge in [-0.2, -0.15) is 0 Å². The Hall–Kier alpha value is -19.6. The van der Waals surface area contributed by atoms with Crippen LogP contribution in [0.1, 0.15) is 0 Å². The number of pyridine rings is 6. The van der Waals surface area contributed by atoms with Crippen LogP contribution in [-0.4, -0.2) is 59.8 Å². The molecular weight excluding hydrogens is 1750 g/mol. The van der Waals surface area contributed by atoms with Crippen LogP contribution in [-0.2, 0) is 0 Å². The van der Waals surface area contributed by atoms with Crippen molar-refractivity contribution in [2.45, 2.75) is 0 Å². The highest BCUT2D eigenvalue weighted by Crippen LogP contribution is 2.43. The molecule has 0 aliphatic heterocycles. The van der Waals surface area contributed by atoms with Crippen LogP contribution in [0.4, 0.5) is 0 Å². The van der Waals surface area contributed by atoms with Crippen molar-refractivity contribution in [3.8, 4) is 235 Å². The molecule has 12 nitrogen and oxygen atoms in total. The zero-order valence-electron chi connectivity index (χ0n) is 78.3. The van der Waals surface area contributed by atoms with Crippen LogP contribution < -0.4 is 0 Å². The molecule has 0 aliphatic carbocycles. The molecule has 0 unspecified atom stereocenters. The summed E-state index contributed by atoms with van der Waals surface area (Å²) < 4.78 is 0. The van der Waals surface area contributed by atoms with Gasteiger partial charge in [0, 0.05) is 111 Å². The van der Waals surface area contributed by atoms with Gasteiger partial charge in [0.05, 0.1) is 51.2 Å². The summed E-state index contributed by atoms with van der Waals surface area (Å²) in [7, 11) is 0. The van der Waals surface area contributed by atoms with Crippen molar-refractivity contribution in [1.29, 1.82) is 0 Å².